The summed E-state index contributed by atoms with van der Waals surface area (Å²) in [6, 6.07) is 69.1. The minimum atomic E-state index is 0.717. The van der Waals surface area contributed by atoms with Crippen LogP contribution in [0, 0.1) is 0 Å². The van der Waals surface area contributed by atoms with Crippen molar-refractivity contribution in [1.29, 1.82) is 0 Å². The molecule has 1 N–H and O–H groups in total. The molecule has 0 saturated carbocycles. The predicted octanol–water partition coefficient (Wildman–Crippen LogP) is 13.1. The molecule has 0 saturated heterocycles. The van der Waals surface area contributed by atoms with E-state index in [1.165, 1.54) is 0 Å². The summed E-state index contributed by atoms with van der Waals surface area (Å²) in [5.74, 6) is 0. The minimum Gasteiger partial charge on any atom is -0.356 e. The van der Waals surface area contributed by atoms with Gasteiger partial charge in [-0.1, -0.05) is 145 Å². The van der Waals surface area contributed by atoms with E-state index in [0.717, 1.165) is 51.0 Å². The number of hydrogen-bond acceptors (Lipinski definition) is 4. The molecule has 4 nitrogen and oxygen atoms in total. The summed E-state index contributed by atoms with van der Waals surface area (Å²) in [5.41, 5.74) is 9.66. The van der Waals surface area contributed by atoms with Crippen molar-refractivity contribution in [1.82, 2.24) is 9.97 Å². The lowest BCUT2D eigenvalue weighted by Gasteiger charge is -2.25. The first-order valence-corrected chi connectivity index (χ1v) is 17.1. The van der Waals surface area contributed by atoms with E-state index in [4.69, 9.17) is 11.6 Å². The van der Waals surface area contributed by atoms with Gasteiger partial charge in [0, 0.05) is 57.0 Å². The average molecular weight is 681 g/mol. The van der Waals surface area contributed by atoms with E-state index in [9.17, 15) is 0 Å². The van der Waals surface area contributed by atoms with Gasteiger partial charge >= 0.3 is 0 Å². The lowest BCUT2D eigenvalue weighted by molar-refractivity contribution is 1.24. The highest BCUT2D eigenvalue weighted by atomic mass is 35.5. The zero-order valence-electron chi connectivity index (χ0n) is 28.0. The molecule has 2 aromatic heterocycles. The topological polar surface area (TPSA) is 41.1 Å². The smallest absolute Gasteiger partial charge is 0.0722 e. The molecule has 0 aliphatic heterocycles. The lowest BCUT2D eigenvalue weighted by Crippen LogP contribution is -2.09. The van der Waals surface area contributed by atoms with Crippen molar-refractivity contribution < 1.29 is 0 Å². The molecule has 2 heterocycles. The third-order valence-corrected chi connectivity index (χ3v) is 7.96. The van der Waals surface area contributed by atoms with E-state index in [2.05, 4.69) is 86.9 Å². The van der Waals surface area contributed by atoms with Gasteiger partial charge in [-0.2, -0.15) is 0 Å². The Bertz CT molecular complexity index is 2090. The number of halogens is 1. The highest BCUT2D eigenvalue weighted by Gasteiger charge is 2.13. The second-order valence-corrected chi connectivity index (χ2v) is 11.8. The van der Waals surface area contributed by atoms with Crippen molar-refractivity contribution in [2.24, 2.45) is 0 Å². The van der Waals surface area contributed by atoms with Gasteiger partial charge in [0.05, 0.1) is 11.4 Å². The standard InChI is InChI=1S/C23H18N2.C12H11N.C11H8ClN/c1-4-10-19(11-5-1)23-18-22(16-17-24-23)25(20-12-6-2-7-13-20)21-14-8-3-9-15-21;1-3-7-11(8-4-1)13-12-9-5-2-6-10-12;12-10-6-7-13-11(8-10)9-4-2-1-3-5-9/h1-18H;1-10,13H;1-8H. The van der Waals surface area contributed by atoms with Crippen LogP contribution in [0.1, 0.15) is 0 Å². The fraction of sp³-hybridized carbons (Fsp3) is 0. The summed E-state index contributed by atoms with van der Waals surface area (Å²) in [5, 5.41) is 4.02. The third-order valence-electron chi connectivity index (χ3n) is 7.73. The Morgan fingerprint density at radius 2 is 0.745 bits per heavy atom. The first kappa shape index (κ1) is 34.4. The number of rotatable bonds is 7. The number of pyridine rings is 2. The van der Waals surface area contributed by atoms with E-state index in [0.29, 0.717) is 5.02 Å². The highest BCUT2D eigenvalue weighted by molar-refractivity contribution is 6.30. The van der Waals surface area contributed by atoms with Crippen molar-refractivity contribution in [3.8, 4) is 22.5 Å². The molecule has 5 heteroatoms. The van der Waals surface area contributed by atoms with E-state index in [-0.39, 0.29) is 0 Å². The number of nitrogens with one attached hydrogen (secondary N) is 1. The van der Waals surface area contributed by atoms with Gasteiger partial charge in [0.1, 0.15) is 0 Å². The molecule has 0 aliphatic rings. The van der Waals surface area contributed by atoms with Crippen LogP contribution >= 0.6 is 11.6 Å². The molecule has 0 spiro atoms. The van der Waals surface area contributed by atoms with E-state index in [1.54, 1.807) is 12.3 Å². The molecule has 0 amide bonds. The Kier molecular flexibility index (Phi) is 12.3. The number of anilines is 5. The van der Waals surface area contributed by atoms with Crippen LogP contribution in [-0.4, -0.2) is 9.97 Å². The Morgan fingerprint density at radius 3 is 1.18 bits per heavy atom. The Labute approximate surface area is 305 Å². The lowest BCUT2D eigenvalue weighted by atomic mass is 10.1. The third kappa shape index (κ3) is 10.3. The van der Waals surface area contributed by atoms with Crippen molar-refractivity contribution >= 4 is 40.0 Å². The molecule has 0 bridgehead atoms. The second kappa shape index (κ2) is 18.3. The maximum Gasteiger partial charge on any atom is 0.0722 e. The van der Waals surface area contributed by atoms with Crippen LogP contribution in [0.4, 0.5) is 28.4 Å². The summed E-state index contributed by atoms with van der Waals surface area (Å²) in [4.78, 5) is 11.0. The van der Waals surface area contributed by atoms with Gasteiger partial charge in [-0.15, -0.1) is 0 Å². The van der Waals surface area contributed by atoms with Crippen LogP contribution in [0.15, 0.2) is 219 Å². The Morgan fingerprint density at radius 1 is 0.373 bits per heavy atom. The molecule has 0 fully saturated rings. The number of aromatic nitrogens is 2. The fourth-order valence-corrected chi connectivity index (χ4v) is 5.47. The minimum absolute atomic E-state index is 0.717. The summed E-state index contributed by atoms with van der Waals surface area (Å²) in [6.07, 6.45) is 3.58. The maximum atomic E-state index is 5.85. The van der Waals surface area contributed by atoms with Crippen LogP contribution < -0.4 is 10.2 Å². The Hall–Kier alpha value is -6.49. The quantitative estimate of drug-likeness (QED) is 0.182. The van der Waals surface area contributed by atoms with Crippen LogP contribution in [0.25, 0.3) is 22.5 Å². The summed E-state index contributed by atoms with van der Waals surface area (Å²) in [6.45, 7) is 0. The monoisotopic (exact) mass is 680 g/mol. The first-order valence-electron chi connectivity index (χ1n) is 16.7. The van der Waals surface area contributed by atoms with Crippen LogP contribution in [0.2, 0.25) is 5.02 Å². The fourth-order valence-electron chi connectivity index (χ4n) is 5.31. The number of para-hydroxylation sites is 4. The molecule has 0 radical (unpaired) electrons. The van der Waals surface area contributed by atoms with Gasteiger partial charge in [-0.3, -0.25) is 9.97 Å². The first-order chi connectivity index (χ1) is 25.2. The largest absolute Gasteiger partial charge is 0.356 e. The SMILES string of the molecule is Clc1ccnc(-c2ccccc2)c1.c1ccc(-c2cc(N(c3ccccc3)c3ccccc3)ccn2)cc1.c1ccc(Nc2ccccc2)cc1. The zero-order chi connectivity index (χ0) is 34.9. The van der Waals surface area contributed by atoms with Gasteiger partial charge in [0.2, 0.25) is 0 Å². The van der Waals surface area contributed by atoms with Gasteiger partial charge in [0.15, 0.2) is 0 Å². The van der Waals surface area contributed by atoms with Crippen molar-refractivity contribution in [2.75, 3.05) is 10.2 Å². The molecule has 6 aromatic carbocycles. The van der Waals surface area contributed by atoms with Gasteiger partial charge < -0.3 is 10.2 Å². The van der Waals surface area contributed by atoms with Crippen LogP contribution in [-0.2, 0) is 0 Å². The Balaban J connectivity index is 0.000000145. The van der Waals surface area contributed by atoms with Crippen LogP contribution in [0.5, 0.6) is 0 Å². The van der Waals surface area contributed by atoms with Crippen molar-refractivity contribution in [3.05, 3.63) is 224 Å². The van der Waals surface area contributed by atoms with E-state index < -0.39 is 0 Å². The summed E-state index contributed by atoms with van der Waals surface area (Å²) < 4.78 is 0. The van der Waals surface area contributed by atoms with E-state index >= 15 is 0 Å². The molecule has 0 aliphatic carbocycles. The molecule has 248 valence electrons. The number of hydrogen-bond donors (Lipinski definition) is 1. The van der Waals surface area contributed by atoms with Crippen LogP contribution in [0.3, 0.4) is 0 Å². The molecular weight excluding hydrogens is 644 g/mol. The van der Waals surface area contributed by atoms with E-state index in [1.807, 2.05) is 140 Å². The van der Waals surface area contributed by atoms with Gasteiger partial charge in [-0.05, 0) is 72.8 Å². The molecule has 8 aromatic rings. The van der Waals surface area contributed by atoms with Crippen molar-refractivity contribution in [3.63, 3.8) is 0 Å². The summed E-state index contributed by atoms with van der Waals surface area (Å²) >= 11 is 5.85. The molecule has 8 rings (SSSR count). The summed E-state index contributed by atoms with van der Waals surface area (Å²) in [7, 11) is 0. The maximum absolute atomic E-state index is 5.85. The van der Waals surface area contributed by atoms with Gasteiger partial charge in [-0.25, -0.2) is 0 Å². The molecule has 0 atom stereocenters. The normalized spacial score (nSPS) is 10.1. The molecule has 51 heavy (non-hydrogen) atoms. The van der Waals surface area contributed by atoms with Crippen molar-refractivity contribution in [2.45, 2.75) is 0 Å². The number of benzene rings is 6. The van der Waals surface area contributed by atoms with Gasteiger partial charge in [0.25, 0.3) is 0 Å². The highest BCUT2D eigenvalue weighted by Crippen LogP contribution is 2.35. The second-order valence-electron chi connectivity index (χ2n) is 11.4. The number of nitrogens with zero attached hydrogens (tertiary/aromatic N) is 3. The zero-order valence-corrected chi connectivity index (χ0v) is 28.8. The molecular formula is C46H37ClN4. The molecule has 0 unspecified atom stereocenters. The predicted molar refractivity (Wildman–Crippen MR) is 215 cm³/mol. The average Bonchev–Trinajstić information content (AvgIpc) is 3.21.